The van der Waals surface area contributed by atoms with Gasteiger partial charge in [0.05, 0.1) is 12.0 Å². The summed E-state index contributed by atoms with van der Waals surface area (Å²) in [6.45, 7) is 4.65. The van der Waals surface area contributed by atoms with Crippen molar-refractivity contribution in [2.24, 2.45) is 21.1 Å². The SMILES string of the molecule is CC1(C)CC(=O)C2=C(C1)NC1=C(CN=N1)C21CCCCC1=O. The Morgan fingerprint density at radius 2 is 1.95 bits per heavy atom. The highest BCUT2D eigenvalue weighted by Gasteiger charge is 2.55. The Balaban J connectivity index is 1.92. The number of hydrogen-bond donors (Lipinski definition) is 1. The third kappa shape index (κ3) is 1.71. The zero-order valence-electron chi connectivity index (χ0n) is 13.2. The molecule has 0 bridgehead atoms. The summed E-state index contributed by atoms with van der Waals surface area (Å²) in [5.41, 5.74) is 1.78. The van der Waals surface area contributed by atoms with Gasteiger partial charge in [-0.05, 0) is 24.7 Å². The molecule has 1 atom stereocenters. The lowest BCUT2D eigenvalue weighted by molar-refractivity contribution is -0.131. The molecule has 22 heavy (non-hydrogen) atoms. The van der Waals surface area contributed by atoms with E-state index in [0.29, 0.717) is 19.4 Å². The first-order chi connectivity index (χ1) is 10.4. The number of ketones is 2. The van der Waals surface area contributed by atoms with Crippen LogP contribution in [-0.4, -0.2) is 18.1 Å². The van der Waals surface area contributed by atoms with Crippen LogP contribution in [-0.2, 0) is 9.59 Å². The summed E-state index contributed by atoms with van der Waals surface area (Å²) in [6, 6.07) is 0. The Morgan fingerprint density at radius 3 is 2.73 bits per heavy atom. The monoisotopic (exact) mass is 299 g/mol. The topological polar surface area (TPSA) is 70.9 Å². The normalized spacial score (nSPS) is 33.2. The van der Waals surface area contributed by atoms with Crippen molar-refractivity contribution in [1.82, 2.24) is 5.32 Å². The molecule has 0 amide bonds. The lowest BCUT2D eigenvalue weighted by Gasteiger charge is -2.46. The number of dihydropyridines is 1. The van der Waals surface area contributed by atoms with Gasteiger partial charge in [-0.3, -0.25) is 9.59 Å². The lowest BCUT2D eigenvalue weighted by atomic mass is 9.57. The Labute approximate surface area is 129 Å². The van der Waals surface area contributed by atoms with Crippen molar-refractivity contribution in [3.8, 4) is 0 Å². The van der Waals surface area contributed by atoms with Crippen LogP contribution in [0, 0.1) is 10.8 Å². The highest BCUT2D eigenvalue weighted by atomic mass is 16.1. The minimum Gasteiger partial charge on any atom is -0.342 e. The standard InChI is InChI=1S/C17H21N3O2/c1-16(2)7-11-14(12(21)8-16)17(6-4-3-5-13(17)22)10-9-18-20-15(10)19-11/h19H,3-9H2,1-2H3. The summed E-state index contributed by atoms with van der Waals surface area (Å²) in [5, 5.41) is 11.7. The Hall–Kier alpha value is -1.78. The van der Waals surface area contributed by atoms with Crippen molar-refractivity contribution in [2.75, 3.05) is 6.54 Å². The summed E-state index contributed by atoms with van der Waals surface area (Å²) < 4.78 is 0. The molecular formula is C17H21N3O2. The van der Waals surface area contributed by atoms with Gasteiger partial charge >= 0.3 is 0 Å². The van der Waals surface area contributed by atoms with E-state index in [2.05, 4.69) is 29.4 Å². The molecule has 1 unspecified atom stereocenters. The van der Waals surface area contributed by atoms with Crippen LogP contribution >= 0.6 is 0 Å². The Bertz CT molecular complexity index is 684. The number of nitrogens with zero attached hydrogens (tertiary/aromatic N) is 2. The predicted molar refractivity (Wildman–Crippen MR) is 80.8 cm³/mol. The molecule has 1 spiro atoms. The number of allylic oxidation sites excluding steroid dienone is 2. The molecule has 4 aliphatic rings. The minimum atomic E-state index is -0.731. The van der Waals surface area contributed by atoms with Crippen LogP contribution in [0.2, 0.25) is 0 Å². The highest BCUT2D eigenvalue weighted by Crippen LogP contribution is 2.54. The number of nitrogens with one attached hydrogen (secondary N) is 1. The molecule has 116 valence electrons. The van der Waals surface area contributed by atoms with Crippen molar-refractivity contribution in [2.45, 2.75) is 52.4 Å². The molecule has 0 saturated heterocycles. The number of hydrogen-bond acceptors (Lipinski definition) is 5. The quantitative estimate of drug-likeness (QED) is 0.747. The van der Waals surface area contributed by atoms with E-state index in [1.54, 1.807) is 0 Å². The van der Waals surface area contributed by atoms with Gasteiger partial charge in [-0.15, -0.1) is 5.11 Å². The van der Waals surface area contributed by atoms with Gasteiger partial charge in [0.15, 0.2) is 11.6 Å². The van der Waals surface area contributed by atoms with Gasteiger partial charge in [-0.1, -0.05) is 20.3 Å². The molecule has 1 fully saturated rings. The third-order valence-electron chi connectivity index (χ3n) is 5.45. The number of Topliss-reactive ketones (excluding diaryl/α,β-unsaturated/α-hetero) is 2. The van der Waals surface area contributed by atoms with Crippen LogP contribution in [0.5, 0.6) is 0 Å². The first-order valence-electron chi connectivity index (χ1n) is 8.12. The molecule has 0 aromatic rings. The largest absolute Gasteiger partial charge is 0.342 e. The van der Waals surface area contributed by atoms with Crippen LogP contribution in [0.25, 0.3) is 0 Å². The van der Waals surface area contributed by atoms with Gasteiger partial charge < -0.3 is 5.32 Å². The highest BCUT2D eigenvalue weighted by molar-refractivity contribution is 6.08. The first-order valence-corrected chi connectivity index (χ1v) is 8.12. The average molecular weight is 299 g/mol. The lowest BCUT2D eigenvalue weighted by Crippen LogP contribution is -2.49. The van der Waals surface area contributed by atoms with Crippen molar-refractivity contribution in [1.29, 1.82) is 0 Å². The number of azo groups is 1. The summed E-state index contributed by atoms with van der Waals surface area (Å²) in [6.07, 6.45) is 4.50. The van der Waals surface area contributed by atoms with Gasteiger partial charge in [0.25, 0.3) is 0 Å². The minimum absolute atomic E-state index is 0.0738. The van der Waals surface area contributed by atoms with E-state index in [1.807, 2.05) is 0 Å². The van der Waals surface area contributed by atoms with E-state index in [9.17, 15) is 9.59 Å². The van der Waals surface area contributed by atoms with Crippen LogP contribution < -0.4 is 5.32 Å². The second-order valence-corrected chi connectivity index (χ2v) is 7.68. The van der Waals surface area contributed by atoms with Crippen molar-refractivity contribution < 1.29 is 9.59 Å². The first kappa shape index (κ1) is 13.9. The Morgan fingerprint density at radius 1 is 1.14 bits per heavy atom. The number of fused-ring (bicyclic) bond motifs is 2. The van der Waals surface area contributed by atoms with Gasteiger partial charge in [-0.25, -0.2) is 0 Å². The number of rotatable bonds is 0. The molecule has 5 heteroatoms. The van der Waals surface area contributed by atoms with Crippen LogP contribution in [0.4, 0.5) is 0 Å². The second kappa shape index (κ2) is 4.37. The zero-order valence-corrected chi connectivity index (χ0v) is 13.2. The molecular weight excluding hydrogens is 278 g/mol. The summed E-state index contributed by atoms with van der Waals surface area (Å²) >= 11 is 0. The average Bonchev–Trinajstić information content (AvgIpc) is 2.88. The maximum absolute atomic E-state index is 12.9. The smallest absolute Gasteiger partial charge is 0.162 e. The van der Waals surface area contributed by atoms with Gasteiger partial charge in [-0.2, -0.15) is 5.11 Å². The summed E-state index contributed by atoms with van der Waals surface area (Å²) in [7, 11) is 0. The maximum atomic E-state index is 12.9. The van der Waals surface area contributed by atoms with E-state index in [4.69, 9.17) is 0 Å². The van der Waals surface area contributed by atoms with E-state index < -0.39 is 5.41 Å². The third-order valence-corrected chi connectivity index (χ3v) is 5.45. The zero-order chi connectivity index (χ0) is 15.5. The summed E-state index contributed by atoms with van der Waals surface area (Å²) in [4.78, 5) is 25.9. The molecule has 2 aliphatic heterocycles. The molecule has 0 aromatic carbocycles. The van der Waals surface area contributed by atoms with Crippen LogP contribution in [0.3, 0.4) is 0 Å². The fraction of sp³-hybridized carbons (Fsp3) is 0.647. The predicted octanol–water partition coefficient (Wildman–Crippen LogP) is 3.04. The van der Waals surface area contributed by atoms with Crippen LogP contribution in [0.1, 0.15) is 52.4 Å². The number of carbonyl (C=O) groups is 2. The maximum Gasteiger partial charge on any atom is 0.162 e. The molecule has 1 N–H and O–H groups in total. The summed E-state index contributed by atoms with van der Waals surface area (Å²) in [5.74, 6) is 1.05. The fourth-order valence-corrected chi connectivity index (χ4v) is 4.58. The molecule has 1 saturated carbocycles. The molecule has 2 aliphatic carbocycles. The van der Waals surface area contributed by atoms with Gasteiger partial charge in [0, 0.05) is 29.7 Å². The van der Waals surface area contributed by atoms with Gasteiger partial charge in [0.2, 0.25) is 0 Å². The van der Waals surface area contributed by atoms with Crippen molar-refractivity contribution in [3.05, 3.63) is 22.7 Å². The van der Waals surface area contributed by atoms with Crippen molar-refractivity contribution in [3.63, 3.8) is 0 Å². The second-order valence-electron chi connectivity index (χ2n) is 7.68. The van der Waals surface area contributed by atoms with E-state index in [0.717, 1.165) is 48.3 Å². The molecule has 0 radical (unpaired) electrons. The number of carbonyl (C=O) groups excluding carboxylic acids is 2. The Kier molecular flexibility index (Phi) is 2.75. The van der Waals surface area contributed by atoms with Crippen molar-refractivity contribution >= 4 is 11.6 Å². The molecule has 4 rings (SSSR count). The molecule has 2 heterocycles. The van der Waals surface area contributed by atoms with Gasteiger partial charge in [0.1, 0.15) is 5.78 Å². The van der Waals surface area contributed by atoms with E-state index >= 15 is 0 Å². The molecule has 5 nitrogen and oxygen atoms in total. The van der Waals surface area contributed by atoms with E-state index in [1.165, 1.54) is 0 Å². The van der Waals surface area contributed by atoms with E-state index in [-0.39, 0.29) is 17.0 Å². The fourth-order valence-electron chi connectivity index (χ4n) is 4.58. The van der Waals surface area contributed by atoms with Crippen LogP contribution in [0.15, 0.2) is 32.9 Å². The molecule has 0 aromatic heterocycles.